The van der Waals surface area contributed by atoms with Crippen LogP contribution in [0.25, 0.3) is 0 Å². The van der Waals surface area contributed by atoms with Gasteiger partial charge < -0.3 is 5.32 Å². The summed E-state index contributed by atoms with van der Waals surface area (Å²) in [5, 5.41) is 2.73. The van der Waals surface area contributed by atoms with E-state index in [1.165, 1.54) is 48.5 Å². The summed E-state index contributed by atoms with van der Waals surface area (Å²) in [6.45, 7) is 0.265. The van der Waals surface area contributed by atoms with Gasteiger partial charge >= 0.3 is 0 Å². The molecule has 0 aliphatic rings. The minimum absolute atomic E-state index is 0.158. The van der Waals surface area contributed by atoms with Crippen LogP contribution in [0.15, 0.2) is 83.8 Å². The fourth-order valence-corrected chi connectivity index (χ4v) is 3.47. The smallest absolute Gasteiger partial charge is 0.261 e. The Kier molecular flexibility index (Phi) is 5.52. The van der Waals surface area contributed by atoms with E-state index in [0.717, 1.165) is 5.56 Å². The Labute approximate surface area is 156 Å². The molecule has 0 aromatic heterocycles. The minimum atomic E-state index is -3.68. The van der Waals surface area contributed by atoms with Gasteiger partial charge in [-0.3, -0.25) is 9.52 Å². The van der Waals surface area contributed by atoms with E-state index in [1.54, 1.807) is 30.3 Å². The molecule has 0 aliphatic carbocycles. The summed E-state index contributed by atoms with van der Waals surface area (Å²) in [6.07, 6.45) is 0. The molecule has 27 heavy (non-hydrogen) atoms. The van der Waals surface area contributed by atoms with Gasteiger partial charge in [-0.15, -0.1) is 0 Å². The Morgan fingerprint density at radius 3 is 2.11 bits per heavy atom. The van der Waals surface area contributed by atoms with Gasteiger partial charge in [0.05, 0.1) is 4.90 Å². The maximum Gasteiger partial charge on any atom is 0.261 e. The molecule has 3 rings (SSSR count). The highest BCUT2D eigenvalue weighted by atomic mass is 32.2. The van der Waals surface area contributed by atoms with Gasteiger partial charge in [-0.05, 0) is 54.1 Å². The highest BCUT2D eigenvalue weighted by Gasteiger charge is 2.13. The van der Waals surface area contributed by atoms with Gasteiger partial charge in [-0.1, -0.05) is 30.3 Å². The van der Waals surface area contributed by atoms with Crippen LogP contribution in [0.2, 0.25) is 0 Å². The van der Waals surface area contributed by atoms with Gasteiger partial charge in [0.2, 0.25) is 0 Å². The quantitative estimate of drug-likeness (QED) is 0.682. The third-order valence-corrected chi connectivity index (χ3v) is 5.22. The van der Waals surface area contributed by atoms with Crippen LogP contribution in [0.5, 0.6) is 0 Å². The Bertz CT molecular complexity index is 1020. The van der Waals surface area contributed by atoms with Gasteiger partial charge in [0.25, 0.3) is 15.9 Å². The molecule has 0 aliphatic heterocycles. The molecule has 3 aromatic rings. The van der Waals surface area contributed by atoms with Crippen LogP contribution >= 0.6 is 0 Å². The molecule has 0 spiro atoms. The Hall–Kier alpha value is -3.19. The summed E-state index contributed by atoms with van der Waals surface area (Å²) in [5.41, 5.74) is 1.52. The number of carbonyl (C=O) groups is 1. The number of hydrogen-bond acceptors (Lipinski definition) is 3. The van der Waals surface area contributed by atoms with Gasteiger partial charge in [-0.25, -0.2) is 12.8 Å². The van der Waals surface area contributed by atoms with E-state index in [2.05, 4.69) is 10.0 Å². The highest BCUT2D eigenvalue weighted by Crippen LogP contribution is 2.16. The molecule has 0 unspecified atom stereocenters. The summed E-state index contributed by atoms with van der Waals surface area (Å²) in [6, 6.07) is 20.0. The van der Waals surface area contributed by atoms with Crippen molar-refractivity contribution in [3.8, 4) is 0 Å². The average Bonchev–Trinajstić information content (AvgIpc) is 2.68. The van der Waals surface area contributed by atoms with Crippen LogP contribution in [-0.2, 0) is 16.6 Å². The zero-order chi connectivity index (χ0) is 19.3. The fourth-order valence-electron chi connectivity index (χ4n) is 2.39. The molecule has 138 valence electrons. The summed E-state index contributed by atoms with van der Waals surface area (Å²) in [7, 11) is -3.68. The van der Waals surface area contributed by atoms with Crippen molar-refractivity contribution in [2.45, 2.75) is 11.4 Å². The van der Waals surface area contributed by atoms with Crippen molar-refractivity contribution in [1.29, 1.82) is 0 Å². The van der Waals surface area contributed by atoms with E-state index in [4.69, 9.17) is 0 Å². The van der Waals surface area contributed by atoms with Crippen LogP contribution in [-0.4, -0.2) is 14.3 Å². The van der Waals surface area contributed by atoms with Crippen LogP contribution in [0.3, 0.4) is 0 Å². The topological polar surface area (TPSA) is 75.3 Å². The van der Waals surface area contributed by atoms with E-state index in [0.29, 0.717) is 11.3 Å². The van der Waals surface area contributed by atoms with Crippen LogP contribution in [0, 0.1) is 5.82 Å². The van der Waals surface area contributed by atoms with Gasteiger partial charge in [0, 0.05) is 17.8 Å². The lowest BCUT2D eigenvalue weighted by atomic mass is 10.2. The second-order valence-electron chi connectivity index (χ2n) is 5.81. The summed E-state index contributed by atoms with van der Waals surface area (Å²) in [5.74, 6) is -0.643. The number of benzene rings is 3. The molecule has 3 aromatic carbocycles. The van der Waals surface area contributed by atoms with E-state index in [9.17, 15) is 17.6 Å². The predicted molar refractivity (Wildman–Crippen MR) is 101 cm³/mol. The van der Waals surface area contributed by atoms with Gasteiger partial charge in [-0.2, -0.15) is 0 Å². The minimum Gasteiger partial charge on any atom is -0.348 e. The molecule has 0 saturated carbocycles. The SMILES string of the molecule is O=C(NCc1ccc(F)cc1)c1ccc(NS(=O)(=O)c2ccccc2)cc1. The number of rotatable bonds is 6. The molecule has 7 heteroatoms. The monoisotopic (exact) mass is 384 g/mol. The largest absolute Gasteiger partial charge is 0.348 e. The molecule has 0 fully saturated rings. The number of amides is 1. The van der Waals surface area contributed by atoms with E-state index in [-0.39, 0.29) is 23.2 Å². The number of halogens is 1. The van der Waals surface area contributed by atoms with Crippen molar-refractivity contribution in [2.24, 2.45) is 0 Å². The maximum atomic E-state index is 12.9. The normalized spacial score (nSPS) is 11.0. The second-order valence-corrected chi connectivity index (χ2v) is 7.49. The molecule has 2 N–H and O–H groups in total. The summed E-state index contributed by atoms with van der Waals surface area (Å²) < 4.78 is 39.9. The van der Waals surface area contributed by atoms with Crippen LogP contribution in [0.4, 0.5) is 10.1 Å². The van der Waals surface area contributed by atoms with Gasteiger partial charge in [0.15, 0.2) is 0 Å². The molecular formula is C20H17FN2O3S. The molecule has 1 amide bonds. The standard InChI is InChI=1S/C20H17FN2O3S/c21-17-10-6-15(7-11-17)14-22-20(24)16-8-12-18(13-9-16)23-27(25,26)19-4-2-1-3-5-19/h1-13,23H,14H2,(H,22,24). The Morgan fingerprint density at radius 1 is 0.852 bits per heavy atom. The van der Waals surface area contributed by atoms with Crippen molar-refractivity contribution in [3.05, 3.63) is 95.8 Å². The first-order chi connectivity index (χ1) is 12.9. The van der Waals surface area contributed by atoms with Crippen molar-refractivity contribution in [2.75, 3.05) is 4.72 Å². The molecule has 5 nitrogen and oxygen atoms in total. The molecular weight excluding hydrogens is 367 g/mol. The fraction of sp³-hybridized carbons (Fsp3) is 0.0500. The Balaban J connectivity index is 1.62. The first-order valence-corrected chi connectivity index (χ1v) is 9.63. The maximum absolute atomic E-state index is 12.9. The zero-order valence-corrected chi connectivity index (χ0v) is 15.0. The first-order valence-electron chi connectivity index (χ1n) is 8.15. The number of carbonyl (C=O) groups excluding carboxylic acids is 1. The lowest BCUT2D eigenvalue weighted by Gasteiger charge is -2.09. The lowest BCUT2D eigenvalue weighted by molar-refractivity contribution is 0.0951. The lowest BCUT2D eigenvalue weighted by Crippen LogP contribution is -2.22. The van der Waals surface area contributed by atoms with Crippen molar-refractivity contribution in [1.82, 2.24) is 5.32 Å². The van der Waals surface area contributed by atoms with Crippen molar-refractivity contribution < 1.29 is 17.6 Å². The van der Waals surface area contributed by atoms with Gasteiger partial charge in [0.1, 0.15) is 5.82 Å². The second kappa shape index (κ2) is 8.01. The van der Waals surface area contributed by atoms with E-state index < -0.39 is 10.0 Å². The number of hydrogen-bond donors (Lipinski definition) is 2. The summed E-state index contributed by atoms with van der Waals surface area (Å²) in [4.78, 5) is 12.3. The first kappa shape index (κ1) is 18.6. The number of nitrogens with one attached hydrogen (secondary N) is 2. The summed E-state index contributed by atoms with van der Waals surface area (Å²) >= 11 is 0. The zero-order valence-electron chi connectivity index (χ0n) is 14.2. The van der Waals surface area contributed by atoms with Crippen molar-refractivity contribution in [3.63, 3.8) is 0 Å². The highest BCUT2D eigenvalue weighted by molar-refractivity contribution is 7.92. The molecule has 0 radical (unpaired) electrons. The molecule has 0 heterocycles. The van der Waals surface area contributed by atoms with E-state index >= 15 is 0 Å². The van der Waals surface area contributed by atoms with Crippen molar-refractivity contribution >= 4 is 21.6 Å². The Morgan fingerprint density at radius 2 is 1.48 bits per heavy atom. The molecule has 0 saturated heterocycles. The van der Waals surface area contributed by atoms with Crippen LogP contribution < -0.4 is 10.0 Å². The molecule has 0 atom stereocenters. The van der Waals surface area contributed by atoms with E-state index in [1.807, 2.05) is 0 Å². The third-order valence-electron chi connectivity index (χ3n) is 3.82. The third kappa shape index (κ3) is 4.92. The average molecular weight is 384 g/mol. The number of sulfonamides is 1. The number of anilines is 1. The predicted octanol–water partition coefficient (Wildman–Crippen LogP) is 3.56. The molecule has 0 bridgehead atoms. The van der Waals surface area contributed by atoms with Crippen LogP contribution in [0.1, 0.15) is 15.9 Å².